The number of rotatable bonds is 8. The van der Waals surface area contributed by atoms with Crippen molar-refractivity contribution in [2.24, 2.45) is 0 Å². The smallest absolute Gasteiger partial charge is 0.317 e. The summed E-state index contributed by atoms with van der Waals surface area (Å²) in [6, 6.07) is 0. The number of aliphatic carboxylic acids is 4. The first-order valence-corrected chi connectivity index (χ1v) is 8.92. The van der Waals surface area contributed by atoms with Gasteiger partial charge in [0.05, 0.1) is 26.2 Å². The molecule has 4 N–H and O–H groups in total. The minimum absolute atomic E-state index is 0. The maximum absolute atomic E-state index is 11.1. The predicted octanol–water partition coefficient (Wildman–Crippen LogP) is -3.22. The van der Waals surface area contributed by atoms with Crippen molar-refractivity contribution in [3.8, 4) is 0 Å². The second-order valence-electron chi connectivity index (χ2n) is 6.68. The number of carboxylic acids is 4. The molecule has 0 amide bonds. The fourth-order valence-electron chi connectivity index (χ4n) is 2.98. The fourth-order valence-corrected chi connectivity index (χ4v) is 2.98. The molecule has 0 aromatic carbocycles. The van der Waals surface area contributed by atoms with Crippen molar-refractivity contribution in [3.05, 3.63) is 0 Å². The van der Waals surface area contributed by atoms with Crippen molar-refractivity contribution in [2.75, 3.05) is 78.5 Å². The van der Waals surface area contributed by atoms with E-state index >= 15 is 0 Å². The molecule has 1 aliphatic heterocycles. The first-order valence-electron chi connectivity index (χ1n) is 8.92. The summed E-state index contributed by atoms with van der Waals surface area (Å²) in [5, 5.41) is 36.3. The van der Waals surface area contributed by atoms with Crippen molar-refractivity contribution < 1.29 is 39.6 Å². The van der Waals surface area contributed by atoms with Crippen LogP contribution in [0.3, 0.4) is 0 Å². The summed E-state index contributed by atoms with van der Waals surface area (Å²) in [6.07, 6.45) is 0. The van der Waals surface area contributed by atoms with E-state index in [9.17, 15) is 19.2 Å². The molecule has 0 aromatic heterocycles. The van der Waals surface area contributed by atoms with Crippen LogP contribution in [0, 0.1) is 0 Å². The fraction of sp³-hybridized carbons (Fsp3) is 0.750. The van der Waals surface area contributed by atoms with Crippen molar-refractivity contribution in [1.82, 2.24) is 19.6 Å². The second kappa shape index (κ2) is 17.8. The van der Waals surface area contributed by atoms with Gasteiger partial charge in [0, 0.05) is 128 Å². The third-order valence-corrected chi connectivity index (χ3v) is 4.37. The van der Waals surface area contributed by atoms with Crippen LogP contribution in [0.15, 0.2) is 0 Å². The van der Waals surface area contributed by atoms with Gasteiger partial charge in [0.15, 0.2) is 0 Å². The van der Waals surface area contributed by atoms with Crippen LogP contribution >= 0.6 is 0 Å². The third kappa shape index (κ3) is 16.0. The number of hydrogen-bond acceptors (Lipinski definition) is 8. The van der Waals surface area contributed by atoms with Crippen LogP contribution in [0.25, 0.3) is 0 Å². The summed E-state index contributed by atoms with van der Waals surface area (Å²) in [7, 11) is 0. The van der Waals surface area contributed by atoms with Crippen LogP contribution < -0.4 is 0 Å². The summed E-state index contributed by atoms with van der Waals surface area (Å²) in [6.45, 7) is 1.52. The molecule has 1 rings (SSSR count). The van der Waals surface area contributed by atoms with E-state index in [-0.39, 0.29) is 102 Å². The Balaban J connectivity index is 0. The number of carbonyl (C=O) groups is 4. The predicted molar refractivity (Wildman–Crippen MR) is 108 cm³/mol. The van der Waals surface area contributed by atoms with Crippen LogP contribution in [0.4, 0.5) is 0 Å². The minimum atomic E-state index is -1.02. The van der Waals surface area contributed by atoms with Gasteiger partial charge in [-0.25, -0.2) is 0 Å². The molecule has 14 heteroatoms. The topological polar surface area (TPSA) is 162 Å². The third-order valence-electron chi connectivity index (χ3n) is 4.37. The van der Waals surface area contributed by atoms with Gasteiger partial charge in [-0.2, -0.15) is 0 Å². The molecule has 0 bridgehead atoms. The Kier molecular flexibility index (Phi) is 19.2. The van der Waals surface area contributed by atoms with Crippen LogP contribution in [-0.2, 0) is 19.2 Å². The summed E-state index contributed by atoms with van der Waals surface area (Å²) in [4.78, 5) is 50.9. The Labute approximate surface area is 234 Å². The molecule has 0 atom stereocenters. The number of carboxylic acid groups (broad SMARTS) is 4. The first-order chi connectivity index (χ1) is 13.2. The van der Waals surface area contributed by atoms with E-state index in [0.717, 1.165) is 0 Å². The van der Waals surface area contributed by atoms with Gasteiger partial charge < -0.3 is 20.4 Å². The SMILES string of the molecule is O=C(O)CN1CCN(CC(=O)O)CCN(CC(=O)O)CCN(CC(=O)O)CC1.[Ca].[Ca]. The van der Waals surface area contributed by atoms with Gasteiger partial charge in [-0.05, 0) is 0 Å². The molecule has 1 aliphatic rings. The van der Waals surface area contributed by atoms with Crippen LogP contribution in [0.5, 0.6) is 0 Å². The van der Waals surface area contributed by atoms with E-state index in [1.807, 2.05) is 0 Å². The monoisotopic (exact) mass is 484 g/mol. The molecule has 164 valence electrons. The average molecular weight is 485 g/mol. The summed E-state index contributed by atoms with van der Waals surface area (Å²) < 4.78 is 0. The zero-order valence-electron chi connectivity index (χ0n) is 17.1. The van der Waals surface area contributed by atoms with Crippen molar-refractivity contribution in [2.45, 2.75) is 0 Å². The van der Waals surface area contributed by atoms with Crippen molar-refractivity contribution >= 4 is 99.4 Å². The maximum atomic E-state index is 11.1. The van der Waals surface area contributed by atoms with Gasteiger partial charge >= 0.3 is 23.9 Å². The van der Waals surface area contributed by atoms with E-state index in [0.29, 0.717) is 52.4 Å². The Hall–Kier alpha value is 0.239. The van der Waals surface area contributed by atoms with Gasteiger partial charge in [0.25, 0.3) is 0 Å². The molecule has 0 unspecified atom stereocenters. The quantitative estimate of drug-likeness (QED) is 0.255. The number of nitrogens with zero attached hydrogens (tertiary/aromatic N) is 4. The molecular weight excluding hydrogens is 456 g/mol. The van der Waals surface area contributed by atoms with Crippen LogP contribution in [-0.4, -0.2) is 218 Å². The summed E-state index contributed by atoms with van der Waals surface area (Å²) in [5.74, 6) is -4.08. The van der Waals surface area contributed by atoms with Crippen molar-refractivity contribution in [1.29, 1.82) is 0 Å². The standard InChI is InChI=1S/C16H28N4O8.2Ca/c21-13(22)9-17-1-2-18(10-14(23)24)5-6-20(12-16(27)28)8-7-19(4-3-17)11-15(25)26;;/h1-12H2,(H,21,22)(H,23,24)(H,25,26)(H,27,28);;. The maximum Gasteiger partial charge on any atom is 0.317 e. The van der Waals surface area contributed by atoms with Gasteiger partial charge in [-0.3, -0.25) is 38.8 Å². The van der Waals surface area contributed by atoms with Crippen LogP contribution in [0.2, 0.25) is 0 Å². The zero-order chi connectivity index (χ0) is 21.1. The largest absolute Gasteiger partial charge is 0.480 e. The molecule has 1 saturated heterocycles. The minimum Gasteiger partial charge on any atom is -0.480 e. The molecule has 30 heavy (non-hydrogen) atoms. The molecule has 12 nitrogen and oxygen atoms in total. The first kappa shape index (κ1) is 32.4. The summed E-state index contributed by atoms with van der Waals surface area (Å²) in [5.41, 5.74) is 0. The summed E-state index contributed by atoms with van der Waals surface area (Å²) >= 11 is 0. The van der Waals surface area contributed by atoms with E-state index in [4.69, 9.17) is 20.4 Å². The average Bonchev–Trinajstić information content (AvgIpc) is 2.55. The Bertz CT molecular complexity index is 457. The second-order valence-corrected chi connectivity index (χ2v) is 6.68. The van der Waals surface area contributed by atoms with E-state index in [2.05, 4.69) is 0 Å². The van der Waals surface area contributed by atoms with Crippen LogP contribution in [0.1, 0.15) is 0 Å². The zero-order valence-corrected chi connectivity index (χ0v) is 21.5. The molecular formula is C16H28Ca2N4O8. The molecule has 4 radical (unpaired) electrons. The molecule has 1 heterocycles. The van der Waals surface area contributed by atoms with E-state index in [1.54, 1.807) is 19.6 Å². The normalized spacial score (nSPS) is 18.1. The molecule has 0 aromatic rings. The van der Waals surface area contributed by atoms with E-state index < -0.39 is 23.9 Å². The molecule has 1 fully saturated rings. The van der Waals surface area contributed by atoms with Gasteiger partial charge in [-0.15, -0.1) is 0 Å². The van der Waals surface area contributed by atoms with Gasteiger partial charge in [0.2, 0.25) is 0 Å². The Morgan fingerprint density at radius 2 is 0.567 bits per heavy atom. The van der Waals surface area contributed by atoms with E-state index in [1.165, 1.54) is 0 Å². The van der Waals surface area contributed by atoms with Gasteiger partial charge in [-0.1, -0.05) is 0 Å². The molecule has 0 spiro atoms. The Morgan fingerprint density at radius 1 is 0.433 bits per heavy atom. The number of hydrogen-bond donors (Lipinski definition) is 4. The molecule has 0 saturated carbocycles. The van der Waals surface area contributed by atoms with Gasteiger partial charge in [0.1, 0.15) is 0 Å². The molecule has 0 aliphatic carbocycles. The Morgan fingerprint density at radius 3 is 0.667 bits per heavy atom. The van der Waals surface area contributed by atoms with Crippen molar-refractivity contribution in [3.63, 3.8) is 0 Å².